The van der Waals surface area contributed by atoms with Crippen molar-refractivity contribution in [2.75, 3.05) is 13.2 Å². The Labute approximate surface area is 328 Å². The van der Waals surface area contributed by atoms with Crippen LogP contribution in [0.15, 0.2) is 127 Å². The van der Waals surface area contributed by atoms with Gasteiger partial charge in [-0.2, -0.15) is 0 Å². The molecule has 270 valence electrons. The Balaban J connectivity index is 1.41. The molecule has 0 aromatic heterocycles. The van der Waals surface area contributed by atoms with Gasteiger partial charge in [0.05, 0.1) is 13.2 Å². The molecule has 0 spiro atoms. The molecule has 0 saturated heterocycles. The maximum absolute atomic E-state index is 6.88. The highest BCUT2D eigenvalue weighted by Crippen LogP contribution is 2.40. The van der Waals surface area contributed by atoms with Crippen LogP contribution in [0.25, 0.3) is 0 Å². The maximum atomic E-state index is 6.88. The van der Waals surface area contributed by atoms with Crippen LogP contribution in [0, 0.1) is 3.57 Å². The second kappa shape index (κ2) is 17.8. The smallest absolute Gasteiger partial charge is 0.127 e. The van der Waals surface area contributed by atoms with Gasteiger partial charge in [0.25, 0.3) is 0 Å². The SMILES string of the molecule is CCCOc1c2cccc1Cc1ccc(I)c(c1OCc1ccccc1)Cc1cccc(c1OCCC)Cc1cccc(c1OCc1ccccc1)C2. The van der Waals surface area contributed by atoms with Crippen molar-refractivity contribution in [2.24, 2.45) is 0 Å². The third-order valence-electron chi connectivity index (χ3n) is 9.68. The van der Waals surface area contributed by atoms with Crippen molar-refractivity contribution in [3.63, 3.8) is 0 Å². The first kappa shape index (κ1) is 36.6. The van der Waals surface area contributed by atoms with E-state index in [1.165, 1.54) is 9.13 Å². The average molecular weight is 815 g/mol. The first-order chi connectivity index (χ1) is 26.1. The van der Waals surface area contributed by atoms with Crippen molar-refractivity contribution in [1.29, 1.82) is 0 Å². The first-order valence-corrected chi connectivity index (χ1v) is 19.9. The van der Waals surface area contributed by atoms with Crippen LogP contribution in [0.4, 0.5) is 0 Å². The molecule has 0 heterocycles. The van der Waals surface area contributed by atoms with Crippen LogP contribution in [0.2, 0.25) is 0 Å². The van der Waals surface area contributed by atoms with Gasteiger partial charge >= 0.3 is 0 Å². The Morgan fingerprint density at radius 3 is 1.21 bits per heavy atom. The molecule has 0 amide bonds. The van der Waals surface area contributed by atoms with E-state index in [0.29, 0.717) is 52.1 Å². The lowest BCUT2D eigenvalue weighted by atomic mass is 9.91. The lowest BCUT2D eigenvalue weighted by Crippen LogP contribution is -2.10. The summed E-state index contributed by atoms with van der Waals surface area (Å²) in [5.74, 6) is 3.78. The van der Waals surface area contributed by atoms with Crippen molar-refractivity contribution < 1.29 is 18.9 Å². The van der Waals surface area contributed by atoms with Gasteiger partial charge in [0, 0.05) is 34.8 Å². The second-order valence-corrected chi connectivity index (χ2v) is 14.8. The van der Waals surface area contributed by atoms with E-state index in [2.05, 4.69) is 152 Å². The Hall–Kier alpha value is -4.75. The first-order valence-electron chi connectivity index (χ1n) is 18.8. The molecule has 0 aliphatic heterocycles. The molecule has 0 saturated carbocycles. The zero-order chi connectivity index (χ0) is 36.4. The summed E-state index contributed by atoms with van der Waals surface area (Å²) in [5.41, 5.74) is 11.5. The number of hydrogen-bond acceptors (Lipinski definition) is 4. The van der Waals surface area contributed by atoms with Crippen LogP contribution in [0.1, 0.15) is 82.3 Å². The predicted molar refractivity (Wildman–Crippen MR) is 223 cm³/mol. The minimum Gasteiger partial charge on any atom is -0.493 e. The summed E-state index contributed by atoms with van der Waals surface area (Å²) in [5, 5.41) is 0. The molecule has 0 atom stereocenters. The van der Waals surface area contributed by atoms with E-state index in [0.717, 1.165) is 85.9 Å². The van der Waals surface area contributed by atoms with Gasteiger partial charge in [0.1, 0.15) is 36.2 Å². The number of ether oxygens (including phenoxy) is 4. The zero-order valence-electron chi connectivity index (χ0n) is 30.7. The highest BCUT2D eigenvalue weighted by Gasteiger charge is 2.23. The van der Waals surface area contributed by atoms with Gasteiger partial charge in [-0.05, 0) is 91.6 Å². The minimum atomic E-state index is 0.486. The van der Waals surface area contributed by atoms with Crippen LogP contribution < -0.4 is 18.9 Å². The molecule has 6 aromatic carbocycles. The van der Waals surface area contributed by atoms with Gasteiger partial charge in [-0.25, -0.2) is 0 Å². The van der Waals surface area contributed by atoms with Crippen LogP contribution in [0.5, 0.6) is 23.0 Å². The van der Waals surface area contributed by atoms with Crippen molar-refractivity contribution >= 4 is 22.6 Å². The number of hydrogen-bond donors (Lipinski definition) is 0. The van der Waals surface area contributed by atoms with E-state index >= 15 is 0 Å². The highest BCUT2D eigenvalue weighted by atomic mass is 127. The highest BCUT2D eigenvalue weighted by molar-refractivity contribution is 14.1. The largest absolute Gasteiger partial charge is 0.493 e. The van der Waals surface area contributed by atoms with E-state index in [1.54, 1.807) is 0 Å². The molecule has 4 nitrogen and oxygen atoms in total. The summed E-state index contributed by atoms with van der Waals surface area (Å²) in [6.45, 7) is 6.59. The van der Waals surface area contributed by atoms with Gasteiger partial charge in [0.2, 0.25) is 0 Å². The van der Waals surface area contributed by atoms with Crippen LogP contribution >= 0.6 is 22.6 Å². The number of halogens is 1. The second-order valence-electron chi connectivity index (χ2n) is 13.7. The quantitative estimate of drug-likeness (QED) is 0.115. The molecule has 0 unspecified atom stereocenters. The fraction of sp³-hybridized carbons (Fsp3) is 0.250. The van der Waals surface area contributed by atoms with Gasteiger partial charge in [-0.3, -0.25) is 0 Å². The third kappa shape index (κ3) is 8.90. The van der Waals surface area contributed by atoms with Crippen molar-refractivity contribution in [2.45, 2.75) is 65.6 Å². The molecular weight excluding hydrogens is 767 g/mol. The number of benzene rings is 6. The van der Waals surface area contributed by atoms with E-state index in [-0.39, 0.29) is 0 Å². The van der Waals surface area contributed by atoms with Crippen molar-refractivity contribution in [3.8, 4) is 23.0 Å². The normalized spacial score (nSPS) is 12.2. The summed E-state index contributed by atoms with van der Waals surface area (Å²) >= 11 is 2.48. The van der Waals surface area contributed by atoms with E-state index < -0.39 is 0 Å². The number of fused-ring (bicyclic) bond motifs is 8. The van der Waals surface area contributed by atoms with Gasteiger partial charge < -0.3 is 18.9 Å². The zero-order valence-corrected chi connectivity index (χ0v) is 32.9. The number of para-hydroxylation sites is 3. The fourth-order valence-corrected chi connectivity index (χ4v) is 7.73. The topological polar surface area (TPSA) is 36.9 Å². The molecule has 0 N–H and O–H groups in total. The molecule has 8 bridgehead atoms. The van der Waals surface area contributed by atoms with Gasteiger partial charge in [0.15, 0.2) is 0 Å². The molecule has 1 aliphatic rings. The van der Waals surface area contributed by atoms with E-state index in [1.807, 2.05) is 12.1 Å². The molecule has 1 aliphatic carbocycles. The van der Waals surface area contributed by atoms with E-state index in [9.17, 15) is 0 Å². The molecule has 0 radical (unpaired) electrons. The third-order valence-corrected chi connectivity index (χ3v) is 10.7. The van der Waals surface area contributed by atoms with Crippen molar-refractivity contribution in [1.82, 2.24) is 0 Å². The summed E-state index contributed by atoms with van der Waals surface area (Å²) in [6, 6.07) is 45.1. The van der Waals surface area contributed by atoms with Crippen LogP contribution in [-0.4, -0.2) is 13.2 Å². The Morgan fingerprint density at radius 1 is 0.396 bits per heavy atom. The summed E-state index contributed by atoms with van der Waals surface area (Å²) in [6.07, 6.45) is 4.57. The molecule has 53 heavy (non-hydrogen) atoms. The summed E-state index contributed by atoms with van der Waals surface area (Å²) in [4.78, 5) is 0. The standard InChI is InChI=1S/C48H47IO4/c1-3-26-50-45-36-18-11-19-38(45)30-42-24-25-44(49)43(48(42)53-33-35-16-9-6-10-17-35)31-41-23-13-20-37(46(41)51-27-4-2)29-40-22-12-21-39(28-36)47(40)52-32-34-14-7-5-8-15-34/h5-25H,3-4,26-33H2,1-2H3. The number of rotatable bonds is 12. The molecule has 0 fully saturated rings. The fourth-order valence-electron chi connectivity index (χ4n) is 7.12. The predicted octanol–water partition coefficient (Wildman–Crippen LogP) is 11.7. The van der Waals surface area contributed by atoms with Crippen molar-refractivity contribution in [3.05, 3.63) is 187 Å². The summed E-state index contributed by atoms with van der Waals surface area (Å²) < 4.78 is 28.2. The average Bonchev–Trinajstić information content (AvgIpc) is 3.18. The minimum absolute atomic E-state index is 0.486. The molecule has 7 rings (SSSR count). The van der Waals surface area contributed by atoms with Gasteiger partial charge in [-0.1, -0.05) is 135 Å². The Bertz CT molecular complexity index is 2130. The Kier molecular flexibility index (Phi) is 12.3. The molecular formula is C48H47IO4. The van der Waals surface area contributed by atoms with Crippen LogP contribution in [-0.2, 0) is 38.9 Å². The van der Waals surface area contributed by atoms with Crippen LogP contribution in [0.3, 0.4) is 0 Å². The lowest BCUT2D eigenvalue weighted by Gasteiger charge is -2.23. The lowest BCUT2D eigenvalue weighted by molar-refractivity contribution is 0.297. The Morgan fingerprint density at radius 2 is 0.774 bits per heavy atom. The maximum Gasteiger partial charge on any atom is 0.127 e. The molecule has 6 aromatic rings. The monoisotopic (exact) mass is 814 g/mol. The summed E-state index contributed by atoms with van der Waals surface area (Å²) in [7, 11) is 0. The molecule has 5 heteroatoms. The van der Waals surface area contributed by atoms with Gasteiger partial charge in [-0.15, -0.1) is 0 Å². The van der Waals surface area contributed by atoms with E-state index in [4.69, 9.17) is 18.9 Å².